The number of hydrogen-bond acceptors (Lipinski definition) is 9. The Morgan fingerprint density at radius 2 is 1.78 bits per heavy atom. The Morgan fingerprint density at radius 3 is 2.38 bits per heavy atom. The van der Waals surface area contributed by atoms with Gasteiger partial charge in [0.25, 0.3) is 11.5 Å². The standard InChI is InChI=1S/C32H32N6O6S/c1-4-18-37(20-21-8-13-25-24(19-21)27(41)36-31(35-25)45-30-33-16-7-17-34-30)23-11-9-22(10-12-23)28(42)38(6-3)32(5-2,29(43)44)15-14-26(39)40/h1,7-13,16-17,19H,5-6,14-15,18,20H2,2-3H3,(H,39,40)(H,43,44)(H,35,36,41)/t32-/m0/s1. The number of aromatic amines is 1. The van der Waals surface area contributed by atoms with Gasteiger partial charge in [-0.05, 0) is 79.6 Å². The average Bonchev–Trinajstić information content (AvgIpc) is 3.03. The quantitative estimate of drug-likeness (QED) is 0.136. The van der Waals surface area contributed by atoms with Crippen molar-refractivity contribution in [2.24, 2.45) is 0 Å². The number of likely N-dealkylation sites (N-methyl/N-ethyl adjacent to an activating group) is 1. The summed E-state index contributed by atoms with van der Waals surface area (Å²) in [5, 5.41) is 20.5. The molecule has 3 N–H and O–H groups in total. The molecule has 0 spiro atoms. The lowest BCUT2D eigenvalue weighted by atomic mass is 9.87. The summed E-state index contributed by atoms with van der Waals surface area (Å²) in [7, 11) is 0. The fourth-order valence-corrected chi connectivity index (χ4v) is 5.79. The summed E-state index contributed by atoms with van der Waals surface area (Å²) in [4.78, 5) is 68.7. The lowest BCUT2D eigenvalue weighted by Gasteiger charge is -2.39. The molecule has 0 saturated heterocycles. The normalized spacial score (nSPS) is 12.2. The Hall–Kier alpha value is -5.22. The number of nitrogens with zero attached hydrogens (tertiary/aromatic N) is 5. The lowest BCUT2D eigenvalue weighted by molar-refractivity contribution is -0.151. The van der Waals surface area contributed by atoms with Gasteiger partial charge >= 0.3 is 11.9 Å². The van der Waals surface area contributed by atoms with Gasteiger partial charge in [-0.1, -0.05) is 18.9 Å². The number of carbonyl (C=O) groups is 3. The third kappa shape index (κ3) is 7.47. The Labute approximate surface area is 263 Å². The van der Waals surface area contributed by atoms with Gasteiger partial charge in [-0.3, -0.25) is 14.4 Å². The van der Waals surface area contributed by atoms with Crippen molar-refractivity contribution in [3.05, 3.63) is 82.4 Å². The smallest absolute Gasteiger partial charge is 0.329 e. The molecule has 2 heterocycles. The molecule has 12 nitrogen and oxygen atoms in total. The number of anilines is 1. The first kappa shape index (κ1) is 32.7. The molecule has 45 heavy (non-hydrogen) atoms. The Morgan fingerprint density at radius 1 is 1.07 bits per heavy atom. The summed E-state index contributed by atoms with van der Waals surface area (Å²) in [6.07, 6.45) is 8.33. The zero-order valence-electron chi connectivity index (χ0n) is 24.8. The highest BCUT2D eigenvalue weighted by atomic mass is 32.2. The number of carbonyl (C=O) groups excluding carboxylic acids is 1. The summed E-state index contributed by atoms with van der Waals surface area (Å²) in [6.45, 7) is 3.97. The van der Waals surface area contributed by atoms with Crippen LogP contribution in [0.1, 0.15) is 49.0 Å². The minimum atomic E-state index is -1.66. The maximum Gasteiger partial charge on any atom is 0.329 e. The minimum absolute atomic E-state index is 0.0505. The molecule has 0 saturated carbocycles. The fourth-order valence-electron chi connectivity index (χ4n) is 5.11. The van der Waals surface area contributed by atoms with E-state index in [4.69, 9.17) is 6.42 Å². The summed E-state index contributed by atoms with van der Waals surface area (Å²) >= 11 is 1.15. The van der Waals surface area contributed by atoms with E-state index in [1.165, 1.54) is 4.90 Å². The van der Waals surface area contributed by atoms with E-state index in [0.717, 1.165) is 17.3 Å². The molecule has 0 unspecified atom stereocenters. The number of hydrogen-bond donors (Lipinski definition) is 3. The van der Waals surface area contributed by atoms with Gasteiger partial charge in [0.05, 0.1) is 17.4 Å². The molecule has 1 amide bonds. The maximum atomic E-state index is 13.5. The van der Waals surface area contributed by atoms with Crippen molar-refractivity contribution < 1.29 is 24.6 Å². The average molecular weight is 629 g/mol. The number of benzene rings is 2. The molecule has 2 aromatic heterocycles. The SMILES string of the molecule is C#CCN(Cc1ccc2nc(Sc3ncccn3)[nH]c(=O)c2c1)c1ccc(C(=O)N(CC)[C@@](CC)(CCC(=O)O)C(=O)O)cc1. The number of carboxylic acids is 2. The van der Waals surface area contributed by atoms with Crippen LogP contribution in [0.3, 0.4) is 0 Å². The van der Waals surface area contributed by atoms with Crippen LogP contribution in [0.25, 0.3) is 10.9 Å². The van der Waals surface area contributed by atoms with Crippen molar-refractivity contribution in [1.82, 2.24) is 24.8 Å². The first-order valence-corrected chi connectivity index (χ1v) is 15.0. The zero-order valence-corrected chi connectivity index (χ0v) is 25.6. The van der Waals surface area contributed by atoms with Crippen molar-refractivity contribution in [2.45, 2.75) is 55.5 Å². The molecule has 2 aromatic carbocycles. The molecule has 0 aliphatic rings. The third-order valence-electron chi connectivity index (χ3n) is 7.43. The first-order valence-electron chi connectivity index (χ1n) is 14.1. The van der Waals surface area contributed by atoms with Crippen LogP contribution in [-0.2, 0) is 16.1 Å². The van der Waals surface area contributed by atoms with Gasteiger partial charge in [0.2, 0.25) is 0 Å². The molecule has 232 valence electrons. The monoisotopic (exact) mass is 628 g/mol. The number of aliphatic carboxylic acids is 2. The van der Waals surface area contributed by atoms with Crippen LogP contribution in [0.15, 0.2) is 76.0 Å². The minimum Gasteiger partial charge on any atom is -0.481 e. The molecule has 4 aromatic rings. The molecular weight excluding hydrogens is 596 g/mol. The molecule has 0 aliphatic heterocycles. The summed E-state index contributed by atoms with van der Waals surface area (Å²) in [5.41, 5.74) is 0.326. The lowest BCUT2D eigenvalue weighted by Crippen LogP contribution is -2.57. The molecule has 4 rings (SSSR count). The van der Waals surface area contributed by atoms with E-state index in [2.05, 4.69) is 25.9 Å². The summed E-state index contributed by atoms with van der Waals surface area (Å²) < 4.78 is 0. The van der Waals surface area contributed by atoms with Gasteiger partial charge in [-0.25, -0.2) is 19.7 Å². The van der Waals surface area contributed by atoms with Crippen LogP contribution < -0.4 is 10.5 Å². The van der Waals surface area contributed by atoms with Gasteiger partial charge in [0.15, 0.2) is 10.3 Å². The van der Waals surface area contributed by atoms with Crippen LogP contribution in [0.4, 0.5) is 5.69 Å². The van der Waals surface area contributed by atoms with Gasteiger partial charge < -0.3 is 25.0 Å². The maximum absolute atomic E-state index is 13.5. The number of H-pyrrole nitrogens is 1. The number of rotatable bonds is 14. The second-order valence-corrected chi connectivity index (χ2v) is 11.1. The Balaban J connectivity index is 1.56. The van der Waals surface area contributed by atoms with Crippen molar-refractivity contribution in [3.8, 4) is 12.3 Å². The number of carboxylic acid groups (broad SMARTS) is 2. The van der Waals surface area contributed by atoms with E-state index >= 15 is 0 Å². The van der Waals surface area contributed by atoms with E-state index in [0.29, 0.717) is 33.4 Å². The third-order valence-corrected chi connectivity index (χ3v) is 8.21. The number of amides is 1. The van der Waals surface area contributed by atoms with E-state index in [9.17, 15) is 29.4 Å². The van der Waals surface area contributed by atoms with E-state index < -0.39 is 23.4 Å². The molecular formula is C32H32N6O6S. The highest BCUT2D eigenvalue weighted by Gasteiger charge is 2.45. The summed E-state index contributed by atoms with van der Waals surface area (Å²) in [5.74, 6) is -0.260. The van der Waals surface area contributed by atoms with E-state index in [1.807, 2.05) is 11.0 Å². The van der Waals surface area contributed by atoms with Crippen molar-refractivity contribution in [2.75, 3.05) is 18.0 Å². The topological polar surface area (TPSA) is 170 Å². The zero-order chi connectivity index (χ0) is 32.6. The van der Waals surface area contributed by atoms with Crippen molar-refractivity contribution in [1.29, 1.82) is 0 Å². The summed E-state index contributed by atoms with van der Waals surface area (Å²) in [6, 6.07) is 13.7. The van der Waals surface area contributed by atoms with Crippen LogP contribution in [0, 0.1) is 12.3 Å². The Kier molecular flexibility index (Phi) is 10.5. The van der Waals surface area contributed by atoms with Crippen molar-refractivity contribution >= 4 is 46.2 Å². The highest BCUT2D eigenvalue weighted by molar-refractivity contribution is 7.99. The van der Waals surface area contributed by atoms with Gasteiger partial charge in [0, 0.05) is 43.2 Å². The van der Waals surface area contributed by atoms with Crippen LogP contribution in [0.2, 0.25) is 0 Å². The van der Waals surface area contributed by atoms with Gasteiger partial charge in [-0.2, -0.15) is 0 Å². The molecule has 13 heteroatoms. The number of terminal acetylenes is 1. The largest absolute Gasteiger partial charge is 0.481 e. The predicted molar refractivity (Wildman–Crippen MR) is 169 cm³/mol. The second kappa shape index (κ2) is 14.5. The van der Waals surface area contributed by atoms with Gasteiger partial charge in [0.1, 0.15) is 5.54 Å². The molecule has 1 atom stereocenters. The van der Waals surface area contributed by atoms with Gasteiger partial charge in [-0.15, -0.1) is 6.42 Å². The molecule has 0 fully saturated rings. The first-order chi connectivity index (χ1) is 21.6. The molecule has 0 radical (unpaired) electrons. The highest BCUT2D eigenvalue weighted by Crippen LogP contribution is 2.29. The predicted octanol–water partition coefficient (Wildman–Crippen LogP) is 4.06. The second-order valence-electron chi connectivity index (χ2n) is 10.1. The van der Waals surface area contributed by atoms with Crippen molar-refractivity contribution in [3.63, 3.8) is 0 Å². The molecule has 0 bridgehead atoms. The fraction of sp³-hybridized carbons (Fsp3) is 0.281. The molecule has 0 aliphatic carbocycles. The van der Waals surface area contributed by atoms with Crippen LogP contribution in [-0.4, -0.2) is 71.5 Å². The Bertz CT molecular complexity index is 1790. The number of fused-ring (bicyclic) bond motifs is 1. The van der Waals surface area contributed by atoms with E-state index in [1.54, 1.807) is 68.7 Å². The van der Waals surface area contributed by atoms with Crippen LogP contribution >= 0.6 is 11.8 Å². The van der Waals surface area contributed by atoms with Crippen LogP contribution in [0.5, 0.6) is 0 Å². The van der Waals surface area contributed by atoms with E-state index in [-0.39, 0.29) is 43.5 Å². The number of aromatic nitrogens is 4. The number of nitrogens with one attached hydrogen (secondary N) is 1.